The summed E-state index contributed by atoms with van der Waals surface area (Å²) in [6.45, 7) is 1.78. The average Bonchev–Trinajstić information content (AvgIpc) is 2.64. The fourth-order valence-corrected chi connectivity index (χ4v) is 1.63. The molecule has 4 nitrogen and oxygen atoms in total. The molecule has 0 saturated heterocycles. The molecule has 0 aliphatic carbocycles. The third-order valence-electron chi connectivity index (χ3n) is 2.34. The van der Waals surface area contributed by atoms with E-state index in [1.807, 2.05) is 6.07 Å². The van der Waals surface area contributed by atoms with Crippen molar-refractivity contribution < 1.29 is 9.13 Å². The minimum atomic E-state index is -0.398. The molecule has 16 heavy (non-hydrogen) atoms. The van der Waals surface area contributed by atoms with Crippen molar-refractivity contribution in [3.63, 3.8) is 0 Å². The summed E-state index contributed by atoms with van der Waals surface area (Å²) in [5.41, 5.74) is 7.59. The highest BCUT2D eigenvalue weighted by atomic mass is 19.1. The first-order chi connectivity index (χ1) is 7.61. The van der Waals surface area contributed by atoms with Gasteiger partial charge in [-0.15, -0.1) is 0 Å². The highest BCUT2D eigenvalue weighted by molar-refractivity contribution is 5.64. The van der Waals surface area contributed by atoms with Gasteiger partial charge in [0, 0.05) is 11.6 Å². The van der Waals surface area contributed by atoms with Crippen molar-refractivity contribution in [2.45, 2.75) is 6.92 Å². The number of nitrogens with two attached hydrogens (primary N) is 1. The van der Waals surface area contributed by atoms with Crippen LogP contribution in [0.15, 0.2) is 18.2 Å². The molecular formula is C11H12FN3O. The number of aromatic amines is 1. The SMILES string of the molecule is COc1c(C)cc(-c2cc(N)n[nH]2)cc1F. The Bertz CT molecular complexity index is 499. The summed E-state index contributed by atoms with van der Waals surface area (Å²) in [7, 11) is 1.44. The lowest BCUT2D eigenvalue weighted by Gasteiger charge is -2.07. The molecular weight excluding hydrogens is 209 g/mol. The van der Waals surface area contributed by atoms with E-state index in [1.54, 1.807) is 13.0 Å². The van der Waals surface area contributed by atoms with Crippen LogP contribution in [0.1, 0.15) is 5.56 Å². The van der Waals surface area contributed by atoms with E-state index in [0.29, 0.717) is 17.1 Å². The van der Waals surface area contributed by atoms with Gasteiger partial charge in [-0.1, -0.05) is 0 Å². The van der Waals surface area contributed by atoms with Crippen LogP contribution in [-0.2, 0) is 0 Å². The molecule has 0 aliphatic heterocycles. The quantitative estimate of drug-likeness (QED) is 0.816. The fraction of sp³-hybridized carbons (Fsp3) is 0.182. The summed E-state index contributed by atoms with van der Waals surface area (Å²) in [5, 5.41) is 6.53. The van der Waals surface area contributed by atoms with E-state index in [9.17, 15) is 4.39 Å². The monoisotopic (exact) mass is 221 g/mol. The number of hydrogen-bond acceptors (Lipinski definition) is 3. The Labute approximate surface area is 92.2 Å². The van der Waals surface area contributed by atoms with E-state index in [1.165, 1.54) is 13.2 Å². The number of aryl methyl sites for hydroxylation is 1. The number of halogens is 1. The predicted octanol–water partition coefficient (Wildman–Crippen LogP) is 2.12. The van der Waals surface area contributed by atoms with E-state index in [-0.39, 0.29) is 5.75 Å². The highest BCUT2D eigenvalue weighted by Crippen LogP contribution is 2.28. The zero-order valence-electron chi connectivity index (χ0n) is 9.04. The number of nitrogens with one attached hydrogen (secondary N) is 1. The molecule has 84 valence electrons. The van der Waals surface area contributed by atoms with Gasteiger partial charge in [-0.05, 0) is 24.6 Å². The summed E-state index contributed by atoms with van der Waals surface area (Å²) < 4.78 is 18.6. The second kappa shape index (κ2) is 3.84. The van der Waals surface area contributed by atoms with Gasteiger partial charge in [0.25, 0.3) is 0 Å². The Balaban J connectivity index is 2.52. The molecule has 1 heterocycles. The summed E-state index contributed by atoms with van der Waals surface area (Å²) in [6, 6.07) is 4.86. The highest BCUT2D eigenvalue weighted by Gasteiger charge is 2.10. The molecule has 0 amide bonds. The van der Waals surface area contributed by atoms with Crippen LogP contribution in [-0.4, -0.2) is 17.3 Å². The number of hydrogen-bond donors (Lipinski definition) is 2. The number of nitrogen functional groups attached to an aromatic ring is 1. The van der Waals surface area contributed by atoms with E-state index in [2.05, 4.69) is 10.2 Å². The van der Waals surface area contributed by atoms with Crippen molar-refractivity contribution in [1.82, 2.24) is 10.2 Å². The van der Waals surface area contributed by atoms with Crippen molar-refractivity contribution in [3.05, 3.63) is 29.6 Å². The zero-order chi connectivity index (χ0) is 11.7. The van der Waals surface area contributed by atoms with Crippen molar-refractivity contribution in [2.75, 3.05) is 12.8 Å². The molecule has 0 radical (unpaired) electrons. The molecule has 2 aromatic rings. The lowest BCUT2D eigenvalue weighted by atomic mass is 10.1. The largest absolute Gasteiger partial charge is 0.493 e. The fourth-order valence-electron chi connectivity index (χ4n) is 1.63. The summed E-state index contributed by atoms with van der Waals surface area (Å²) in [5.74, 6) is 0.241. The van der Waals surface area contributed by atoms with E-state index in [4.69, 9.17) is 10.5 Å². The van der Waals surface area contributed by atoms with Crippen LogP contribution in [0.2, 0.25) is 0 Å². The minimum Gasteiger partial charge on any atom is -0.493 e. The van der Waals surface area contributed by atoms with Gasteiger partial charge in [-0.3, -0.25) is 5.10 Å². The van der Waals surface area contributed by atoms with Gasteiger partial charge in [-0.25, -0.2) is 4.39 Å². The van der Waals surface area contributed by atoms with Crippen LogP contribution in [0.5, 0.6) is 5.75 Å². The Kier molecular flexibility index (Phi) is 2.52. The number of anilines is 1. The molecule has 0 fully saturated rings. The number of nitrogens with zero attached hydrogens (tertiary/aromatic N) is 1. The van der Waals surface area contributed by atoms with Gasteiger partial charge in [0.2, 0.25) is 0 Å². The minimum absolute atomic E-state index is 0.260. The van der Waals surface area contributed by atoms with Crippen molar-refractivity contribution in [3.8, 4) is 17.0 Å². The second-order valence-corrected chi connectivity index (χ2v) is 3.51. The Hall–Kier alpha value is -2.04. The first kappa shape index (κ1) is 10.5. The Morgan fingerprint density at radius 2 is 2.12 bits per heavy atom. The molecule has 0 saturated carbocycles. The number of H-pyrrole nitrogens is 1. The average molecular weight is 221 g/mol. The van der Waals surface area contributed by atoms with Gasteiger partial charge < -0.3 is 10.5 Å². The molecule has 5 heteroatoms. The first-order valence-electron chi connectivity index (χ1n) is 4.77. The maximum Gasteiger partial charge on any atom is 0.165 e. The van der Waals surface area contributed by atoms with E-state index in [0.717, 1.165) is 5.56 Å². The van der Waals surface area contributed by atoms with E-state index >= 15 is 0 Å². The van der Waals surface area contributed by atoms with Crippen LogP contribution in [0.25, 0.3) is 11.3 Å². The molecule has 3 N–H and O–H groups in total. The molecule has 2 rings (SSSR count). The van der Waals surface area contributed by atoms with Gasteiger partial charge >= 0.3 is 0 Å². The van der Waals surface area contributed by atoms with Crippen LogP contribution >= 0.6 is 0 Å². The molecule has 0 unspecified atom stereocenters. The zero-order valence-corrected chi connectivity index (χ0v) is 9.04. The van der Waals surface area contributed by atoms with Crippen molar-refractivity contribution in [1.29, 1.82) is 0 Å². The lowest BCUT2D eigenvalue weighted by molar-refractivity contribution is 0.383. The van der Waals surface area contributed by atoms with Crippen molar-refractivity contribution >= 4 is 5.82 Å². The van der Waals surface area contributed by atoms with E-state index < -0.39 is 5.82 Å². The normalized spacial score (nSPS) is 10.4. The summed E-state index contributed by atoms with van der Waals surface area (Å²) in [6.07, 6.45) is 0. The molecule has 1 aromatic carbocycles. The molecule has 0 atom stereocenters. The predicted molar refractivity (Wildman–Crippen MR) is 59.7 cm³/mol. The molecule has 0 spiro atoms. The van der Waals surface area contributed by atoms with Crippen LogP contribution in [0.4, 0.5) is 10.2 Å². The number of rotatable bonds is 2. The van der Waals surface area contributed by atoms with Gasteiger partial charge in [0.15, 0.2) is 11.6 Å². The number of ether oxygens (including phenoxy) is 1. The second-order valence-electron chi connectivity index (χ2n) is 3.51. The standard InChI is InChI=1S/C11H12FN3O/c1-6-3-7(4-8(12)11(6)16-2)9-5-10(13)15-14-9/h3-5H,1-2H3,(H3,13,14,15). The third kappa shape index (κ3) is 1.71. The summed E-state index contributed by atoms with van der Waals surface area (Å²) in [4.78, 5) is 0. The number of aromatic nitrogens is 2. The molecule has 1 aromatic heterocycles. The molecule has 0 bridgehead atoms. The van der Waals surface area contributed by atoms with Crippen molar-refractivity contribution in [2.24, 2.45) is 0 Å². The molecule has 0 aliphatic rings. The van der Waals surface area contributed by atoms with Crippen LogP contribution < -0.4 is 10.5 Å². The number of methoxy groups -OCH3 is 1. The smallest absolute Gasteiger partial charge is 0.165 e. The first-order valence-corrected chi connectivity index (χ1v) is 4.77. The number of benzene rings is 1. The van der Waals surface area contributed by atoms with Crippen LogP contribution in [0, 0.1) is 12.7 Å². The topological polar surface area (TPSA) is 63.9 Å². The van der Waals surface area contributed by atoms with Gasteiger partial charge in [0.1, 0.15) is 5.82 Å². The van der Waals surface area contributed by atoms with Gasteiger partial charge in [0.05, 0.1) is 12.8 Å². The maximum absolute atomic E-state index is 13.6. The summed E-state index contributed by atoms with van der Waals surface area (Å²) >= 11 is 0. The Morgan fingerprint density at radius 1 is 1.38 bits per heavy atom. The Morgan fingerprint density at radius 3 is 2.62 bits per heavy atom. The van der Waals surface area contributed by atoms with Crippen LogP contribution in [0.3, 0.4) is 0 Å². The lowest BCUT2D eigenvalue weighted by Crippen LogP contribution is -1.93. The van der Waals surface area contributed by atoms with Gasteiger partial charge in [-0.2, -0.15) is 5.10 Å². The third-order valence-corrected chi connectivity index (χ3v) is 2.34. The maximum atomic E-state index is 13.6.